The molecule has 0 saturated heterocycles. The van der Waals surface area contributed by atoms with Crippen molar-refractivity contribution in [1.82, 2.24) is 5.32 Å². The second-order valence-corrected chi connectivity index (χ2v) is 8.05. The van der Waals surface area contributed by atoms with Crippen molar-refractivity contribution in [2.45, 2.75) is 79.3 Å². The van der Waals surface area contributed by atoms with Gasteiger partial charge in [-0.3, -0.25) is 0 Å². The summed E-state index contributed by atoms with van der Waals surface area (Å²) in [6.07, 6.45) is 5.65. The zero-order valence-corrected chi connectivity index (χ0v) is 12.6. The van der Waals surface area contributed by atoms with Gasteiger partial charge in [-0.05, 0) is 55.3 Å². The summed E-state index contributed by atoms with van der Waals surface area (Å²) in [5.41, 5.74) is 1.07. The van der Waals surface area contributed by atoms with E-state index in [0.717, 1.165) is 17.9 Å². The Morgan fingerprint density at radius 2 is 1.82 bits per heavy atom. The first kappa shape index (κ1) is 13.4. The first-order valence-corrected chi connectivity index (χ1v) is 7.52. The van der Waals surface area contributed by atoms with E-state index in [1.165, 1.54) is 25.7 Å². The van der Waals surface area contributed by atoms with Gasteiger partial charge in [-0.15, -0.1) is 0 Å². The molecule has 4 atom stereocenters. The molecule has 0 amide bonds. The molecular formula is C16H31N. The highest BCUT2D eigenvalue weighted by Crippen LogP contribution is 2.62. The predicted molar refractivity (Wildman–Crippen MR) is 75.1 cm³/mol. The highest BCUT2D eigenvalue weighted by molar-refractivity contribution is 5.12. The minimum Gasteiger partial charge on any atom is -0.310 e. The second kappa shape index (κ2) is 4.26. The monoisotopic (exact) mass is 237 g/mol. The van der Waals surface area contributed by atoms with E-state index in [1.807, 2.05) is 0 Å². The summed E-state index contributed by atoms with van der Waals surface area (Å²) in [4.78, 5) is 0. The van der Waals surface area contributed by atoms with E-state index in [-0.39, 0.29) is 0 Å². The van der Waals surface area contributed by atoms with E-state index in [0.29, 0.717) is 16.9 Å². The first-order chi connectivity index (χ1) is 7.75. The lowest BCUT2D eigenvalue weighted by Gasteiger charge is -2.45. The zero-order chi connectivity index (χ0) is 12.8. The van der Waals surface area contributed by atoms with Gasteiger partial charge in [0.2, 0.25) is 0 Å². The van der Waals surface area contributed by atoms with Crippen LogP contribution in [0.3, 0.4) is 0 Å². The van der Waals surface area contributed by atoms with Crippen molar-refractivity contribution in [2.75, 3.05) is 0 Å². The second-order valence-electron chi connectivity index (χ2n) is 8.05. The Labute approximate surface area is 108 Å². The van der Waals surface area contributed by atoms with Crippen LogP contribution in [-0.4, -0.2) is 12.1 Å². The Hall–Kier alpha value is -0.0400. The summed E-state index contributed by atoms with van der Waals surface area (Å²) >= 11 is 0. The van der Waals surface area contributed by atoms with E-state index in [1.54, 1.807) is 0 Å². The summed E-state index contributed by atoms with van der Waals surface area (Å²) in [6, 6.07) is 1.39. The number of fused-ring (bicyclic) bond motifs is 2. The minimum atomic E-state index is 0.498. The van der Waals surface area contributed by atoms with Crippen molar-refractivity contribution in [3.8, 4) is 0 Å². The summed E-state index contributed by atoms with van der Waals surface area (Å²) in [5, 5.41) is 3.97. The molecule has 2 saturated carbocycles. The molecule has 0 radical (unpaired) electrons. The summed E-state index contributed by atoms with van der Waals surface area (Å²) in [6.45, 7) is 14.5. The van der Waals surface area contributed by atoms with Crippen LogP contribution in [0, 0.1) is 22.7 Å². The third-order valence-electron chi connectivity index (χ3n) is 5.55. The average Bonchev–Trinajstić information content (AvgIpc) is 2.63. The van der Waals surface area contributed by atoms with Gasteiger partial charge in [0.15, 0.2) is 0 Å². The van der Waals surface area contributed by atoms with Crippen LogP contribution in [0.15, 0.2) is 0 Å². The molecule has 0 aliphatic heterocycles. The van der Waals surface area contributed by atoms with Gasteiger partial charge in [0.25, 0.3) is 0 Å². The first-order valence-electron chi connectivity index (χ1n) is 7.52. The molecule has 2 unspecified atom stereocenters. The minimum absolute atomic E-state index is 0.498. The van der Waals surface area contributed by atoms with E-state index in [9.17, 15) is 0 Å². The molecule has 2 aliphatic rings. The highest BCUT2D eigenvalue weighted by Gasteiger charge is 2.59. The van der Waals surface area contributed by atoms with Crippen LogP contribution in [-0.2, 0) is 0 Å². The van der Waals surface area contributed by atoms with Crippen molar-refractivity contribution in [3.05, 3.63) is 0 Å². The molecule has 0 aromatic heterocycles. The van der Waals surface area contributed by atoms with Crippen molar-refractivity contribution in [3.63, 3.8) is 0 Å². The molecule has 100 valence electrons. The van der Waals surface area contributed by atoms with Crippen LogP contribution < -0.4 is 5.32 Å². The van der Waals surface area contributed by atoms with Crippen molar-refractivity contribution in [1.29, 1.82) is 0 Å². The molecule has 0 heterocycles. The molecule has 17 heavy (non-hydrogen) atoms. The standard InChI is InChI=1S/C16H31N/c1-11(2)9-12(3)17-14-15(4,5)13-7-8-16(14,6)10-13/h11-14,17H,7-10H2,1-6H3/t12?,13-,14?,16+/m0/s1. The number of hydrogen-bond acceptors (Lipinski definition) is 1. The van der Waals surface area contributed by atoms with Gasteiger partial charge in [0, 0.05) is 12.1 Å². The number of rotatable bonds is 4. The fourth-order valence-electron chi connectivity index (χ4n) is 4.78. The van der Waals surface area contributed by atoms with Gasteiger partial charge in [0.05, 0.1) is 0 Å². The predicted octanol–water partition coefficient (Wildman–Crippen LogP) is 4.23. The van der Waals surface area contributed by atoms with Gasteiger partial charge < -0.3 is 5.32 Å². The van der Waals surface area contributed by atoms with Gasteiger partial charge in [-0.25, -0.2) is 0 Å². The summed E-state index contributed by atoms with van der Waals surface area (Å²) in [5.74, 6) is 1.75. The van der Waals surface area contributed by atoms with E-state index >= 15 is 0 Å². The Morgan fingerprint density at radius 1 is 1.18 bits per heavy atom. The van der Waals surface area contributed by atoms with E-state index in [2.05, 4.69) is 46.9 Å². The molecule has 0 aromatic rings. The van der Waals surface area contributed by atoms with Crippen LogP contribution in [0.2, 0.25) is 0 Å². The highest BCUT2D eigenvalue weighted by atomic mass is 15.0. The Bertz CT molecular complexity index is 276. The largest absolute Gasteiger partial charge is 0.310 e. The fraction of sp³-hybridized carbons (Fsp3) is 1.00. The maximum absolute atomic E-state index is 3.97. The van der Waals surface area contributed by atoms with Gasteiger partial charge in [0.1, 0.15) is 0 Å². The molecule has 1 N–H and O–H groups in total. The molecule has 2 bridgehead atoms. The summed E-state index contributed by atoms with van der Waals surface area (Å²) < 4.78 is 0. The zero-order valence-electron chi connectivity index (χ0n) is 12.6. The third-order valence-corrected chi connectivity index (χ3v) is 5.55. The lowest BCUT2D eigenvalue weighted by molar-refractivity contribution is 0.0975. The molecule has 1 heteroatoms. The average molecular weight is 237 g/mol. The van der Waals surface area contributed by atoms with Gasteiger partial charge >= 0.3 is 0 Å². The molecule has 2 fully saturated rings. The number of nitrogens with one attached hydrogen (secondary N) is 1. The SMILES string of the molecule is CC(C)CC(C)NC1C(C)(C)[C@H]2CC[C@]1(C)C2. The number of hydrogen-bond donors (Lipinski definition) is 1. The van der Waals surface area contributed by atoms with E-state index in [4.69, 9.17) is 0 Å². The van der Waals surface area contributed by atoms with Crippen LogP contribution in [0.5, 0.6) is 0 Å². The molecule has 1 nitrogen and oxygen atoms in total. The smallest absolute Gasteiger partial charge is 0.0177 e. The maximum atomic E-state index is 3.97. The molecule has 0 aromatic carbocycles. The van der Waals surface area contributed by atoms with Gasteiger partial charge in [-0.1, -0.05) is 34.6 Å². The van der Waals surface area contributed by atoms with Crippen molar-refractivity contribution >= 4 is 0 Å². The Balaban J connectivity index is 2.05. The molecule has 2 rings (SSSR count). The van der Waals surface area contributed by atoms with Crippen LogP contribution in [0.4, 0.5) is 0 Å². The maximum Gasteiger partial charge on any atom is 0.0177 e. The van der Waals surface area contributed by atoms with Crippen molar-refractivity contribution < 1.29 is 0 Å². The Morgan fingerprint density at radius 3 is 2.29 bits per heavy atom. The fourth-order valence-corrected chi connectivity index (χ4v) is 4.78. The van der Waals surface area contributed by atoms with Crippen LogP contribution in [0.25, 0.3) is 0 Å². The Kier molecular flexibility index (Phi) is 3.36. The topological polar surface area (TPSA) is 12.0 Å². The molecule has 0 spiro atoms. The van der Waals surface area contributed by atoms with Crippen LogP contribution >= 0.6 is 0 Å². The molecular weight excluding hydrogens is 206 g/mol. The third kappa shape index (κ3) is 2.28. The van der Waals surface area contributed by atoms with Crippen molar-refractivity contribution in [2.24, 2.45) is 22.7 Å². The molecule has 2 aliphatic carbocycles. The van der Waals surface area contributed by atoms with Crippen LogP contribution in [0.1, 0.15) is 67.2 Å². The van der Waals surface area contributed by atoms with E-state index < -0.39 is 0 Å². The normalized spacial score (nSPS) is 41.1. The summed E-state index contributed by atoms with van der Waals surface area (Å²) in [7, 11) is 0. The lowest BCUT2D eigenvalue weighted by atomic mass is 9.68. The quantitative estimate of drug-likeness (QED) is 0.771. The van der Waals surface area contributed by atoms with Gasteiger partial charge in [-0.2, -0.15) is 0 Å². The lowest BCUT2D eigenvalue weighted by Crippen LogP contribution is -2.53.